The molecule has 60 valence electrons. The van der Waals surface area contributed by atoms with E-state index in [1.54, 1.807) is 6.20 Å². The van der Waals surface area contributed by atoms with Crippen LogP contribution in [0.4, 0.5) is 0 Å². The van der Waals surface area contributed by atoms with Gasteiger partial charge in [-0.15, -0.1) is 0 Å². The summed E-state index contributed by atoms with van der Waals surface area (Å²) in [6, 6.07) is -0.248. The second kappa shape index (κ2) is 2.12. The van der Waals surface area contributed by atoms with Gasteiger partial charge in [-0.25, -0.2) is 4.42 Å². The molecule has 0 radical (unpaired) electrons. The zero-order chi connectivity index (χ0) is 8.01. The van der Waals surface area contributed by atoms with Gasteiger partial charge in [0.2, 0.25) is 0 Å². The lowest BCUT2D eigenvalue weighted by molar-refractivity contribution is -0.124. The zero-order valence-electron chi connectivity index (χ0n) is 5.97. The van der Waals surface area contributed by atoms with Gasteiger partial charge in [-0.2, -0.15) is 0 Å². The molecule has 2 N–H and O–H groups in total. The molecule has 2 heterocycles. The van der Waals surface area contributed by atoms with E-state index in [1.807, 2.05) is 6.92 Å². The van der Waals surface area contributed by atoms with E-state index >= 15 is 0 Å². The molecule has 2 aliphatic heterocycles. The normalized spacial score (nSPS) is 35.3. The second-order valence-electron chi connectivity index (χ2n) is 2.70. The fourth-order valence-corrected chi connectivity index (χ4v) is 1.54. The van der Waals surface area contributed by atoms with Crippen LogP contribution in [0.5, 0.6) is 0 Å². The van der Waals surface area contributed by atoms with E-state index < -0.39 is 0 Å². The second-order valence-corrected chi connectivity index (χ2v) is 3.06. The third kappa shape index (κ3) is 0.902. The molecule has 0 aromatic heterocycles. The lowest BCUT2D eigenvalue weighted by atomic mass is 10.3. The first kappa shape index (κ1) is 6.94. The Kier molecular flexibility index (Phi) is 1.34. The van der Waals surface area contributed by atoms with E-state index in [0.29, 0.717) is 0 Å². The Labute approximate surface area is 69.3 Å². The molecular weight excluding hydrogens is 166 g/mol. The van der Waals surface area contributed by atoms with Gasteiger partial charge in [-0.05, 0) is 6.92 Å². The fraction of sp³-hybridized carbons (Fsp3) is 0.500. The predicted octanol–water partition coefficient (Wildman–Crippen LogP) is -0.269. The highest BCUT2D eigenvalue weighted by molar-refractivity contribution is 6.24. The summed E-state index contributed by atoms with van der Waals surface area (Å²) in [7, 11) is 0. The van der Waals surface area contributed by atoms with Crippen molar-refractivity contribution in [2.24, 2.45) is 0 Å². The first-order valence-corrected chi connectivity index (χ1v) is 3.75. The molecule has 0 bridgehead atoms. The molecule has 11 heavy (non-hydrogen) atoms. The van der Waals surface area contributed by atoms with Gasteiger partial charge >= 0.3 is 0 Å². The summed E-state index contributed by atoms with van der Waals surface area (Å²) in [6.07, 6.45) is 1.76. The lowest BCUT2D eigenvalue weighted by Gasteiger charge is -2.07. The van der Waals surface area contributed by atoms with Gasteiger partial charge in [-0.3, -0.25) is 10.1 Å². The summed E-state index contributed by atoms with van der Waals surface area (Å²) in [5.41, 5.74) is 0.859. The Hall–Kier alpha value is -0.740. The molecule has 1 amide bonds. The van der Waals surface area contributed by atoms with Crippen LogP contribution in [0.25, 0.3) is 0 Å². The molecule has 0 aromatic rings. The molecule has 5 heteroatoms. The van der Waals surface area contributed by atoms with E-state index in [2.05, 4.69) is 10.6 Å². The van der Waals surface area contributed by atoms with E-state index in [1.165, 1.54) is 0 Å². The van der Waals surface area contributed by atoms with E-state index in [9.17, 15) is 4.79 Å². The molecule has 2 atom stereocenters. The fourth-order valence-electron chi connectivity index (χ4n) is 1.34. The number of carbonyl (C=O) groups is 1. The highest BCUT2D eigenvalue weighted by atomic mass is 35.5. The minimum Gasteiger partial charge on any atom is -0.370 e. The summed E-state index contributed by atoms with van der Waals surface area (Å²) < 4.78 is 1.08. The number of rotatable bonds is 0. The topological polar surface area (TPSA) is 44.4 Å². The summed E-state index contributed by atoms with van der Waals surface area (Å²) in [4.78, 5) is 11.2. The Morgan fingerprint density at radius 3 is 3.09 bits per heavy atom. The van der Waals surface area contributed by atoms with Crippen molar-refractivity contribution in [3.63, 3.8) is 0 Å². The Bertz CT molecular complexity index is 240. The molecule has 0 aromatic carbocycles. The van der Waals surface area contributed by atoms with E-state index in [0.717, 1.165) is 10.1 Å². The zero-order valence-corrected chi connectivity index (χ0v) is 6.72. The van der Waals surface area contributed by atoms with Crippen molar-refractivity contribution < 1.29 is 4.79 Å². The van der Waals surface area contributed by atoms with Crippen LogP contribution in [0, 0.1) is 0 Å². The largest absolute Gasteiger partial charge is 0.370 e. The quantitative estimate of drug-likeness (QED) is 0.496. The highest BCUT2D eigenvalue weighted by Crippen LogP contribution is 2.20. The van der Waals surface area contributed by atoms with Gasteiger partial charge in [0.15, 0.2) is 0 Å². The lowest BCUT2D eigenvalue weighted by Crippen LogP contribution is -2.37. The van der Waals surface area contributed by atoms with Crippen LogP contribution < -0.4 is 10.6 Å². The molecule has 0 saturated carbocycles. The SMILES string of the molecule is CC1NC2=CN(Cl)C(=O)C2N1. The number of hydrogen-bond acceptors (Lipinski definition) is 3. The van der Waals surface area contributed by atoms with Crippen LogP contribution in [0.3, 0.4) is 0 Å². The Balaban J connectivity index is 2.26. The first-order chi connectivity index (χ1) is 5.18. The van der Waals surface area contributed by atoms with Crippen molar-refractivity contribution in [3.05, 3.63) is 11.9 Å². The number of carbonyl (C=O) groups excluding carboxylic acids is 1. The molecule has 0 aliphatic carbocycles. The number of nitrogens with one attached hydrogen (secondary N) is 2. The van der Waals surface area contributed by atoms with Crippen molar-refractivity contribution in [2.75, 3.05) is 0 Å². The number of halogens is 1. The maximum absolute atomic E-state index is 11.2. The summed E-state index contributed by atoms with van der Waals surface area (Å²) in [5.74, 6) is -0.112. The number of nitrogens with zero attached hydrogens (tertiary/aromatic N) is 1. The van der Waals surface area contributed by atoms with Crippen LogP contribution in [0.1, 0.15) is 6.92 Å². The van der Waals surface area contributed by atoms with E-state index in [-0.39, 0.29) is 18.1 Å². The predicted molar refractivity (Wildman–Crippen MR) is 40.3 cm³/mol. The standard InChI is InChI=1S/C6H8ClN3O/c1-3-8-4-2-10(7)6(11)5(4)9-3/h2-3,5,8-9H,1H3. The van der Waals surface area contributed by atoms with Gasteiger partial charge in [0.25, 0.3) is 5.91 Å². The average Bonchev–Trinajstić information content (AvgIpc) is 2.37. The summed E-state index contributed by atoms with van der Waals surface area (Å²) >= 11 is 5.54. The Morgan fingerprint density at radius 2 is 2.45 bits per heavy atom. The van der Waals surface area contributed by atoms with Gasteiger partial charge in [-0.1, -0.05) is 0 Å². The van der Waals surface area contributed by atoms with Crippen LogP contribution in [-0.2, 0) is 4.79 Å². The Morgan fingerprint density at radius 1 is 1.73 bits per heavy atom. The maximum atomic E-state index is 11.2. The molecule has 2 rings (SSSR count). The van der Waals surface area contributed by atoms with Gasteiger partial charge in [0, 0.05) is 18.0 Å². The molecule has 0 spiro atoms. The molecule has 2 aliphatic rings. The van der Waals surface area contributed by atoms with Crippen LogP contribution >= 0.6 is 11.8 Å². The molecule has 1 fully saturated rings. The van der Waals surface area contributed by atoms with Crippen molar-refractivity contribution in [2.45, 2.75) is 19.1 Å². The summed E-state index contributed by atoms with van der Waals surface area (Å²) in [6.45, 7) is 1.95. The average molecular weight is 174 g/mol. The van der Waals surface area contributed by atoms with Crippen molar-refractivity contribution in [3.8, 4) is 0 Å². The van der Waals surface area contributed by atoms with Gasteiger partial charge < -0.3 is 5.32 Å². The number of hydrogen-bond donors (Lipinski definition) is 2. The smallest absolute Gasteiger partial charge is 0.264 e. The molecule has 2 unspecified atom stereocenters. The van der Waals surface area contributed by atoms with E-state index in [4.69, 9.17) is 11.8 Å². The van der Waals surface area contributed by atoms with Crippen molar-refractivity contribution in [1.82, 2.24) is 15.1 Å². The molecular formula is C6H8ClN3O. The number of amides is 1. The molecule has 4 nitrogen and oxygen atoms in total. The van der Waals surface area contributed by atoms with Crippen LogP contribution in [0.2, 0.25) is 0 Å². The first-order valence-electron chi connectivity index (χ1n) is 3.41. The minimum atomic E-state index is -0.248. The monoisotopic (exact) mass is 173 g/mol. The van der Waals surface area contributed by atoms with Crippen molar-refractivity contribution in [1.29, 1.82) is 0 Å². The minimum absolute atomic E-state index is 0.112. The maximum Gasteiger partial charge on any atom is 0.264 e. The van der Waals surface area contributed by atoms with Gasteiger partial charge in [0.05, 0.1) is 11.9 Å². The molecule has 1 saturated heterocycles. The highest BCUT2D eigenvalue weighted by Gasteiger charge is 2.38. The third-order valence-corrected chi connectivity index (χ3v) is 2.08. The van der Waals surface area contributed by atoms with Gasteiger partial charge in [0.1, 0.15) is 6.04 Å². The van der Waals surface area contributed by atoms with Crippen LogP contribution in [-0.4, -0.2) is 22.5 Å². The number of fused-ring (bicyclic) bond motifs is 1. The van der Waals surface area contributed by atoms with Crippen molar-refractivity contribution >= 4 is 17.7 Å². The van der Waals surface area contributed by atoms with Crippen LogP contribution in [0.15, 0.2) is 11.9 Å². The summed E-state index contributed by atoms with van der Waals surface area (Å²) in [5, 5.41) is 6.12. The third-order valence-electron chi connectivity index (χ3n) is 1.82.